The molecule has 0 radical (unpaired) electrons. The molecule has 0 fully saturated rings. The fourth-order valence-electron chi connectivity index (χ4n) is 2.68. The van der Waals surface area contributed by atoms with Crippen LogP contribution in [0.1, 0.15) is 17.3 Å². The second kappa shape index (κ2) is 8.95. The summed E-state index contributed by atoms with van der Waals surface area (Å²) in [7, 11) is 3.88. The lowest BCUT2D eigenvalue weighted by molar-refractivity contribution is 0.102. The van der Waals surface area contributed by atoms with Crippen LogP contribution in [0.3, 0.4) is 0 Å². The van der Waals surface area contributed by atoms with Gasteiger partial charge in [0.15, 0.2) is 5.75 Å². The van der Waals surface area contributed by atoms with Gasteiger partial charge in [0.25, 0.3) is 5.91 Å². The van der Waals surface area contributed by atoms with E-state index in [0.29, 0.717) is 29.4 Å². The lowest BCUT2D eigenvalue weighted by atomic mass is 10.1. The van der Waals surface area contributed by atoms with Crippen molar-refractivity contribution in [3.05, 3.63) is 78.4 Å². The van der Waals surface area contributed by atoms with Gasteiger partial charge in [0.2, 0.25) is 0 Å². The zero-order chi connectivity index (χ0) is 19.9. The first-order chi connectivity index (χ1) is 13.6. The molecule has 0 aliphatic carbocycles. The molecule has 3 aromatic rings. The molecule has 0 aromatic heterocycles. The summed E-state index contributed by atoms with van der Waals surface area (Å²) in [6.45, 7) is 2.56. The molecule has 0 saturated carbocycles. The number of nitrogens with zero attached hydrogens (tertiary/aromatic N) is 1. The Kier molecular flexibility index (Phi) is 6.17. The topological polar surface area (TPSA) is 50.8 Å². The number of ether oxygens (including phenoxy) is 2. The number of nitrogens with one attached hydrogen (secondary N) is 1. The van der Waals surface area contributed by atoms with E-state index in [1.807, 2.05) is 92.6 Å². The van der Waals surface area contributed by atoms with Gasteiger partial charge in [-0.2, -0.15) is 0 Å². The molecular weight excluding hydrogens is 352 g/mol. The van der Waals surface area contributed by atoms with Crippen LogP contribution >= 0.6 is 0 Å². The van der Waals surface area contributed by atoms with Crippen LogP contribution in [-0.4, -0.2) is 26.6 Å². The summed E-state index contributed by atoms with van der Waals surface area (Å²) >= 11 is 0. The standard InChI is InChI=1S/C23H24N2O3/c1-4-27-19-12-14-20(15-13-19)28-22-11-6-5-10-21(22)24-23(26)17-8-7-9-18(16-17)25(2)3/h5-16H,4H2,1-3H3,(H,24,26). The molecule has 0 bridgehead atoms. The molecule has 1 amide bonds. The van der Waals surface area contributed by atoms with Gasteiger partial charge in [-0.25, -0.2) is 0 Å². The normalized spacial score (nSPS) is 10.2. The number of amides is 1. The summed E-state index contributed by atoms with van der Waals surface area (Å²) in [5.41, 5.74) is 2.16. The fraction of sp³-hybridized carbons (Fsp3) is 0.174. The van der Waals surface area contributed by atoms with Crippen LogP contribution in [0.25, 0.3) is 0 Å². The van der Waals surface area contributed by atoms with Gasteiger partial charge in [0.05, 0.1) is 12.3 Å². The van der Waals surface area contributed by atoms with E-state index in [-0.39, 0.29) is 5.91 Å². The van der Waals surface area contributed by atoms with E-state index in [4.69, 9.17) is 9.47 Å². The summed E-state index contributed by atoms with van der Waals surface area (Å²) in [6, 6.07) is 22.2. The van der Waals surface area contributed by atoms with Crippen molar-refractivity contribution in [3.8, 4) is 17.2 Å². The van der Waals surface area contributed by atoms with E-state index in [0.717, 1.165) is 11.4 Å². The smallest absolute Gasteiger partial charge is 0.255 e. The Balaban J connectivity index is 1.76. The summed E-state index contributed by atoms with van der Waals surface area (Å²) in [5, 5.41) is 2.94. The number of benzene rings is 3. The molecule has 3 rings (SSSR count). The first-order valence-electron chi connectivity index (χ1n) is 9.15. The molecule has 5 heteroatoms. The van der Waals surface area contributed by atoms with Gasteiger partial charge < -0.3 is 19.7 Å². The Hall–Kier alpha value is -3.47. The number of carbonyl (C=O) groups excluding carboxylic acids is 1. The predicted octanol–water partition coefficient (Wildman–Crippen LogP) is 5.20. The third kappa shape index (κ3) is 4.82. The summed E-state index contributed by atoms with van der Waals surface area (Å²) < 4.78 is 11.4. The van der Waals surface area contributed by atoms with E-state index >= 15 is 0 Å². The van der Waals surface area contributed by atoms with E-state index in [9.17, 15) is 4.79 Å². The summed E-state index contributed by atoms with van der Waals surface area (Å²) in [6.07, 6.45) is 0. The summed E-state index contributed by atoms with van der Waals surface area (Å²) in [5.74, 6) is 1.84. The van der Waals surface area contributed by atoms with Crippen molar-refractivity contribution >= 4 is 17.3 Å². The third-order valence-corrected chi connectivity index (χ3v) is 4.12. The Morgan fingerprint density at radius 3 is 2.36 bits per heavy atom. The molecule has 1 N–H and O–H groups in total. The number of anilines is 2. The molecule has 0 spiro atoms. The lowest BCUT2D eigenvalue weighted by Crippen LogP contribution is -2.14. The van der Waals surface area contributed by atoms with E-state index in [2.05, 4.69) is 5.32 Å². The van der Waals surface area contributed by atoms with Crippen LogP contribution in [0.15, 0.2) is 72.8 Å². The molecular formula is C23H24N2O3. The maximum atomic E-state index is 12.7. The van der Waals surface area contributed by atoms with Crippen molar-refractivity contribution in [2.45, 2.75) is 6.92 Å². The molecule has 0 aliphatic heterocycles. The van der Waals surface area contributed by atoms with Crippen molar-refractivity contribution < 1.29 is 14.3 Å². The van der Waals surface area contributed by atoms with Gasteiger partial charge in [-0.3, -0.25) is 4.79 Å². The number of hydrogen-bond donors (Lipinski definition) is 1. The molecule has 0 heterocycles. The van der Waals surface area contributed by atoms with Gasteiger partial charge in [-0.05, 0) is 61.5 Å². The van der Waals surface area contributed by atoms with Gasteiger partial charge in [0, 0.05) is 25.3 Å². The average molecular weight is 376 g/mol. The minimum Gasteiger partial charge on any atom is -0.494 e. The first-order valence-corrected chi connectivity index (χ1v) is 9.15. The van der Waals surface area contributed by atoms with Crippen molar-refractivity contribution in [1.82, 2.24) is 0 Å². The minimum atomic E-state index is -0.188. The van der Waals surface area contributed by atoms with Gasteiger partial charge in [-0.15, -0.1) is 0 Å². The predicted molar refractivity (Wildman–Crippen MR) is 113 cm³/mol. The largest absolute Gasteiger partial charge is 0.494 e. The number of carbonyl (C=O) groups is 1. The highest BCUT2D eigenvalue weighted by Gasteiger charge is 2.11. The van der Waals surface area contributed by atoms with Crippen LogP contribution in [0.4, 0.5) is 11.4 Å². The van der Waals surface area contributed by atoms with Crippen LogP contribution < -0.4 is 19.7 Å². The third-order valence-electron chi connectivity index (χ3n) is 4.12. The van der Waals surface area contributed by atoms with Crippen molar-refractivity contribution in [2.75, 3.05) is 30.9 Å². The zero-order valence-corrected chi connectivity index (χ0v) is 16.3. The molecule has 0 aliphatic rings. The molecule has 28 heavy (non-hydrogen) atoms. The summed E-state index contributed by atoms with van der Waals surface area (Å²) in [4.78, 5) is 14.7. The molecule has 0 saturated heterocycles. The minimum absolute atomic E-state index is 0.188. The van der Waals surface area contributed by atoms with Gasteiger partial charge in [-0.1, -0.05) is 18.2 Å². The number of hydrogen-bond acceptors (Lipinski definition) is 4. The van der Waals surface area contributed by atoms with Crippen LogP contribution in [0.5, 0.6) is 17.2 Å². The lowest BCUT2D eigenvalue weighted by Gasteiger charge is -2.15. The van der Waals surface area contributed by atoms with Crippen LogP contribution in [-0.2, 0) is 0 Å². The molecule has 5 nitrogen and oxygen atoms in total. The SMILES string of the molecule is CCOc1ccc(Oc2ccccc2NC(=O)c2cccc(N(C)C)c2)cc1. The maximum absolute atomic E-state index is 12.7. The van der Waals surface area contributed by atoms with Crippen LogP contribution in [0, 0.1) is 0 Å². The highest BCUT2D eigenvalue weighted by Crippen LogP contribution is 2.30. The van der Waals surface area contributed by atoms with Crippen molar-refractivity contribution in [1.29, 1.82) is 0 Å². The molecule has 0 unspecified atom stereocenters. The maximum Gasteiger partial charge on any atom is 0.255 e. The van der Waals surface area contributed by atoms with E-state index in [1.165, 1.54) is 0 Å². The first kappa shape index (κ1) is 19.3. The second-order valence-electron chi connectivity index (χ2n) is 6.40. The Labute approximate surface area is 165 Å². The molecule has 0 atom stereocenters. The number of para-hydroxylation sites is 2. The zero-order valence-electron chi connectivity index (χ0n) is 16.3. The highest BCUT2D eigenvalue weighted by atomic mass is 16.5. The molecule has 144 valence electrons. The Morgan fingerprint density at radius 2 is 1.64 bits per heavy atom. The number of rotatable bonds is 7. The molecule has 3 aromatic carbocycles. The van der Waals surface area contributed by atoms with Gasteiger partial charge in [0.1, 0.15) is 11.5 Å². The average Bonchev–Trinajstić information content (AvgIpc) is 2.71. The van der Waals surface area contributed by atoms with Crippen LogP contribution in [0.2, 0.25) is 0 Å². The Bertz CT molecular complexity index is 937. The monoisotopic (exact) mass is 376 g/mol. The van der Waals surface area contributed by atoms with Crippen molar-refractivity contribution in [2.24, 2.45) is 0 Å². The van der Waals surface area contributed by atoms with Crippen molar-refractivity contribution in [3.63, 3.8) is 0 Å². The Morgan fingerprint density at radius 1 is 0.929 bits per heavy atom. The quantitative estimate of drug-likeness (QED) is 0.616. The van der Waals surface area contributed by atoms with Gasteiger partial charge >= 0.3 is 0 Å². The fourth-order valence-corrected chi connectivity index (χ4v) is 2.68. The van der Waals surface area contributed by atoms with E-state index < -0.39 is 0 Å². The highest BCUT2D eigenvalue weighted by molar-refractivity contribution is 6.05. The second-order valence-corrected chi connectivity index (χ2v) is 6.40. The van der Waals surface area contributed by atoms with E-state index in [1.54, 1.807) is 6.07 Å².